The van der Waals surface area contributed by atoms with E-state index in [1.54, 1.807) is 6.92 Å². The van der Waals surface area contributed by atoms with E-state index >= 15 is 0 Å². The Balaban J connectivity index is 4.19. The molecule has 0 aromatic rings. The van der Waals surface area contributed by atoms with Crippen LogP contribution in [-0.2, 0) is 9.59 Å². The van der Waals surface area contributed by atoms with Crippen LogP contribution in [-0.4, -0.2) is 22.9 Å². The maximum Gasteiger partial charge on any atom is 0.267 e. The van der Waals surface area contributed by atoms with Crippen molar-refractivity contribution in [1.29, 1.82) is 0 Å². The van der Waals surface area contributed by atoms with Crippen LogP contribution < -0.4 is 11.2 Å². The van der Waals surface area contributed by atoms with Gasteiger partial charge in [-0.1, -0.05) is 13.8 Å². The topological polar surface area (TPSA) is 92.4 Å². The molecular weight excluding hydrogens is 160 g/mol. The molecule has 0 aromatic heterocycles. The normalized spacial score (nSPS) is 15.0. The summed E-state index contributed by atoms with van der Waals surface area (Å²) in [6, 6.07) is -1.26. The predicted octanol–water partition coefficient (Wildman–Crippen LogP) is -0.566. The van der Waals surface area contributed by atoms with Crippen molar-refractivity contribution >= 4 is 11.7 Å². The van der Waals surface area contributed by atoms with Gasteiger partial charge in [0.2, 0.25) is 0 Å². The SMILES string of the molecule is CCC(C)C(=O)C(N)C(=O)NO. The molecule has 12 heavy (non-hydrogen) atoms. The van der Waals surface area contributed by atoms with Crippen LogP contribution in [0.4, 0.5) is 0 Å². The zero-order valence-corrected chi connectivity index (χ0v) is 7.20. The van der Waals surface area contributed by atoms with Crippen molar-refractivity contribution in [1.82, 2.24) is 5.48 Å². The lowest BCUT2D eigenvalue weighted by Crippen LogP contribution is -2.46. The average molecular weight is 174 g/mol. The average Bonchev–Trinajstić information content (AvgIpc) is 2.12. The van der Waals surface area contributed by atoms with E-state index in [4.69, 9.17) is 10.9 Å². The quantitative estimate of drug-likeness (QED) is 0.302. The first-order valence-corrected chi connectivity index (χ1v) is 3.77. The number of rotatable bonds is 4. The number of nitrogens with two attached hydrogens (primary N) is 1. The molecule has 5 heteroatoms. The molecule has 0 heterocycles. The molecule has 0 aliphatic carbocycles. The number of ketones is 1. The Hall–Kier alpha value is -0.940. The highest BCUT2D eigenvalue weighted by molar-refractivity contribution is 6.05. The first-order valence-electron chi connectivity index (χ1n) is 3.77. The molecule has 0 bridgehead atoms. The minimum absolute atomic E-state index is 0.253. The molecule has 1 amide bonds. The predicted molar refractivity (Wildman–Crippen MR) is 42.4 cm³/mol. The molecule has 0 saturated carbocycles. The van der Waals surface area contributed by atoms with Crippen LogP contribution in [0, 0.1) is 5.92 Å². The summed E-state index contributed by atoms with van der Waals surface area (Å²) in [6.45, 7) is 3.51. The summed E-state index contributed by atoms with van der Waals surface area (Å²) in [6.07, 6.45) is 0.630. The Labute approximate surface area is 70.9 Å². The van der Waals surface area contributed by atoms with Crippen molar-refractivity contribution in [2.75, 3.05) is 0 Å². The van der Waals surface area contributed by atoms with Gasteiger partial charge in [0.1, 0.15) is 6.04 Å². The molecule has 4 N–H and O–H groups in total. The lowest BCUT2D eigenvalue weighted by molar-refractivity contribution is -0.137. The highest BCUT2D eigenvalue weighted by Gasteiger charge is 2.24. The van der Waals surface area contributed by atoms with Gasteiger partial charge in [-0.05, 0) is 6.42 Å². The molecule has 0 radical (unpaired) electrons. The monoisotopic (exact) mass is 174 g/mol. The molecule has 0 saturated heterocycles. The van der Waals surface area contributed by atoms with Crippen LogP contribution in [0.2, 0.25) is 0 Å². The minimum atomic E-state index is -1.26. The lowest BCUT2D eigenvalue weighted by Gasteiger charge is -2.12. The van der Waals surface area contributed by atoms with E-state index in [-0.39, 0.29) is 11.7 Å². The second kappa shape index (κ2) is 4.84. The molecule has 2 atom stereocenters. The Morgan fingerprint density at radius 3 is 2.42 bits per heavy atom. The van der Waals surface area contributed by atoms with Gasteiger partial charge in [0.25, 0.3) is 5.91 Å². The molecular formula is C7H14N2O3. The molecule has 0 rings (SSSR count). The van der Waals surface area contributed by atoms with Crippen LogP contribution in [0.5, 0.6) is 0 Å². The van der Waals surface area contributed by atoms with Gasteiger partial charge in [-0.25, -0.2) is 5.48 Å². The summed E-state index contributed by atoms with van der Waals surface area (Å²) < 4.78 is 0. The number of hydroxylamine groups is 1. The number of Topliss-reactive ketones (excluding diaryl/α,β-unsaturated/α-hetero) is 1. The maximum absolute atomic E-state index is 11.2. The van der Waals surface area contributed by atoms with Crippen molar-refractivity contribution < 1.29 is 14.8 Å². The molecule has 5 nitrogen and oxygen atoms in total. The summed E-state index contributed by atoms with van der Waals surface area (Å²) in [7, 11) is 0. The Kier molecular flexibility index (Phi) is 4.46. The van der Waals surface area contributed by atoms with Gasteiger partial charge >= 0.3 is 0 Å². The van der Waals surface area contributed by atoms with E-state index in [0.717, 1.165) is 0 Å². The van der Waals surface area contributed by atoms with Crippen molar-refractivity contribution in [3.05, 3.63) is 0 Å². The van der Waals surface area contributed by atoms with E-state index in [0.29, 0.717) is 6.42 Å². The van der Waals surface area contributed by atoms with Crippen LogP contribution in [0.3, 0.4) is 0 Å². The van der Waals surface area contributed by atoms with Crippen LogP contribution in [0.15, 0.2) is 0 Å². The highest BCUT2D eigenvalue weighted by Crippen LogP contribution is 2.04. The summed E-state index contributed by atoms with van der Waals surface area (Å²) in [5, 5.41) is 8.18. The van der Waals surface area contributed by atoms with Gasteiger partial charge in [-0.2, -0.15) is 0 Å². The third kappa shape index (κ3) is 2.60. The summed E-state index contributed by atoms with van der Waals surface area (Å²) in [5.41, 5.74) is 6.57. The maximum atomic E-state index is 11.2. The fourth-order valence-corrected chi connectivity index (χ4v) is 0.706. The number of carbonyl (C=O) groups is 2. The second-order valence-corrected chi connectivity index (χ2v) is 2.67. The molecule has 0 aromatic carbocycles. The zero-order valence-electron chi connectivity index (χ0n) is 7.20. The van der Waals surface area contributed by atoms with Crippen molar-refractivity contribution in [3.63, 3.8) is 0 Å². The van der Waals surface area contributed by atoms with Gasteiger partial charge < -0.3 is 5.73 Å². The van der Waals surface area contributed by atoms with Crippen LogP contribution in [0.25, 0.3) is 0 Å². The Bertz CT molecular complexity index is 181. The Morgan fingerprint density at radius 2 is 2.08 bits per heavy atom. The largest absolute Gasteiger partial charge is 0.314 e. The third-order valence-electron chi connectivity index (χ3n) is 1.80. The molecule has 0 aliphatic heterocycles. The summed E-state index contributed by atoms with van der Waals surface area (Å²) in [4.78, 5) is 21.8. The molecule has 2 unspecified atom stereocenters. The van der Waals surface area contributed by atoms with Gasteiger partial charge in [0.05, 0.1) is 0 Å². The fourth-order valence-electron chi connectivity index (χ4n) is 0.706. The number of hydrogen-bond donors (Lipinski definition) is 3. The second-order valence-electron chi connectivity index (χ2n) is 2.67. The van der Waals surface area contributed by atoms with Crippen LogP contribution >= 0.6 is 0 Å². The van der Waals surface area contributed by atoms with Gasteiger partial charge in [0.15, 0.2) is 5.78 Å². The van der Waals surface area contributed by atoms with Gasteiger partial charge in [0, 0.05) is 5.92 Å². The molecule has 0 aliphatic rings. The summed E-state index contributed by atoms with van der Waals surface area (Å²) in [5.74, 6) is -1.47. The van der Waals surface area contributed by atoms with Crippen molar-refractivity contribution in [2.24, 2.45) is 11.7 Å². The summed E-state index contributed by atoms with van der Waals surface area (Å²) >= 11 is 0. The number of hydrogen-bond acceptors (Lipinski definition) is 4. The van der Waals surface area contributed by atoms with E-state index in [1.807, 2.05) is 6.92 Å². The van der Waals surface area contributed by atoms with Crippen molar-refractivity contribution in [2.45, 2.75) is 26.3 Å². The zero-order chi connectivity index (χ0) is 9.72. The highest BCUT2D eigenvalue weighted by atomic mass is 16.5. The fraction of sp³-hybridized carbons (Fsp3) is 0.714. The van der Waals surface area contributed by atoms with E-state index in [9.17, 15) is 9.59 Å². The van der Waals surface area contributed by atoms with E-state index in [1.165, 1.54) is 5.48 Å². The standard InChI is InChI=1S/C7H14N2O3/c1-3-4(2)6(10)5(8)7(11)9-12/h4-5,12H,3,8H2,1-2H3,(H,9,11). The molecule has 70 valence electrons. The Morgan fingerprint density at radius 1 is 1.58 bits per heavy atom. The minimum Gasteiger partial charge on any atom is -0.314 e. The third-order valence-corrected chi connectivity index (χ3v) is 1.80. The smallest absolute Gasteiger partial charge is 0.267 e. The lowest BCUT2D eigenvalue weighted by atomic mass is 9.98. The molecule has 0 fully saturated rings. The van der Waals surface area contributed by atoms with Gasteiger partial charge in [-0.3, -0.25) is 14.8 Å². The first kappa shape index (κ1) is 11.1. The number of amides is 1. The van der Waals surface area contributed by atoms with Gasteiger partial charge in [-0.15, -0.1) is 0 Å². The van der Waals surface area contributed by atoms with Crippen molar-refractivity contribution in [3.8, 4) is 0 Å². The molecule has 0 spiro atoms. The number of nitrogens with one attached hydrogen (secondary N) is 1. The van der Waals surface area contributed by atoms with E-state index in [2.05, 4.69) is 0 Å². The number of carbonyl (C=O) groups excluding carboxylic acids is 2. The first-order chi connectivity index (χ1) is 5.54. The van der Waals surface area contributed by atoms with E-state index < -0.39 is 11.9 Å². The van der Waals surface area contributed by atoms with Crippen LogP contribution in [0.1, 0.15) is 20.3 Å².